The minimum absolute atomic E-state index is 0.0389. The number of halogens is 1. The van der Waals surface area contributed by atoms with Crippen LogP contribution in [-0.4, -0.2) is 0 Å². The molecule has 0 fully saturated rings. The zero-order valence-electron chi connectivity index (χ0n) is 11.5. The molecule has 1 heterocycles. The lowest BCUT2D eigenvalue weighted by Crippen LogP contribution is -2.01. The quantitative estimate of drug-likeness (QED) is 0.449. The van der Waals surface area contributed by atoms with E-state index in [0.717, 1.165) is 16.3 Å². The summed E-state index contributed by atoms with van der Waals surface area (Å²) >= 11 is 5.90. The van der Waals surface area contributed by atoms with Crippen LogP contribution in [0.2, 0.25) is 5.02 Å². The van der Waals surface area contributed by atoms with E-state index in [9.17, 15) is 4.79 Å². The van der Waals surface area contributed by atoms with E-state index in [-0.39, 0.29) is 5.43 Å². The minimum atomic E-state index is -0.0389. The van der Waals surface area contributed by atoms with Crippen LogP contribution in [0.5, 0.6) is 0 Å². The molecule has 2 nitrogen and oxygen atoms in total. The number of hydrogen-bond donors (Lipinski definition) is 0. The van der Waals surface area contributed by atoms with E-state index in [1.54, 1.807) is 12.1 Å². The Balaban J connectivity index is 2.03. The van der Waals surface area contributed by atoms with Crippen molar-refractivity contribution in [2.24, 2.45) is 0 Å². The van der Waals surface area contributed by atoms with Gasteiger partial charge < -0.3 is 4.42 Å². The Labute approximate surface area is 131 Å². The molecule has 22 heavy (non-hydrogen) atoms. The molecule has 3 aromatic carbocycles. The molecule has 3 heteroatoms. The first-order valence-electron chi connectivity index (χ1n) is 6.94. The molecule has 0 atom stereocenters. The van der Waals surface area contributed by atoms with Gasteiger partial charge in [-0.05, 0) is 41.1 Å². The molecule has 0 bridgehead atoms. The van der Waals surface area contributed by atoms with Crippen LogP contribution in [-0.2, 0) is 0 Å². The first-order valence-corrected chi connectivity index (χ1v) is 7.32. The van der Waals surface area contributed by atoms with E-state index in [1.807, 2.05) is 48.5 Å². The summed E-state index contributed by atoms with van der Waals surface area (Å²) in [6.07, 6.45) is 0. The lowest BCUT2D eigenvalue weighted by molar-refractivity contribution is 0.619. The molecule has 1 aromatic heterocycles. The third kappa shape index (κ3) is 2.09. The molecule has 106 valence electrons. The third-order valence-electron chi connectivity index (χ3n) is 3.75. The van der Waals surface area contributed by atoms with Crippen molar-refractivity contribution >= 4 is 33.3 Å². The Hall–Kier alpha value is -2.58. The molecule has 0 amide bonds. The molecule has 0 saturated carbocycles. The summed E-state index contributed by atoms with van der Waals surface area (Å²) in [7, 11) is 0. The first-order chi connectivity index (χ1) is 10.7. The molecule has 4 aromatic rings. The average molecular weight is 307 g/mol. The van der Waals surface area contributed by atoms with Crippen LogP contribution in [0.1, 0.15) is 0 Å². The number of hydrogen-bond acceptors (Lipinski definition) is 2. The van der Waals surface area contributed by atoms with Crippen LogP contribution in [0.25, 0.3) is 33.1 Å². The molecular formula is C19H11ClO2. The van der Waals surface area contributed by atoms with Crippen molar-refractivity contribution in [1.82, 2.24) is 0 Å². The van der Waals surface area contributed by atoms with E-state index in [2.05, 4.69) is 0 Å². The van der Waals surface area contributed by atoms with Gasteiger partial charge in [0.15, 0.2) is 5.43 Å². The summed E-state index contributed by atoms with van der Waals surface area (Å²) in [6, 6.07) is 20.4. The van der Waals surface area contributed by atoms with Gasteiger partial charge in [0, 0.05) is 16.7 Å². The summed E-state index contributed by atoms with van der Waals surface area (Å²) in [6.45, 7) is 0. The van der Waals surface area contributed by atoms with Crippen molar-refractivity contribution in [1.29, 1.82) is 0 Å². The second-order valence-electron chi connectivity index (χ2n) is 5.14. The van der Waals surface area contributed by atoms with Gasteiger partial charge in [-0.3, -0.25) is 4.79 Å². The van der Waals surface area contributed by atoms with Gasteiger partial charge in [0.1, 0.15) is 11.3 Å². The first kappa shape index (κ1) is 13.1. The molecule has 0 spiro atoms. The number of fused-ring (bicyclic) bond motifs is 3. The summed E-state index contributed by atoms with van der Waals surface area (Å²) < 4.78 is 5.93. The zero-order valence-corrected chi connectivity index (χ0v) is 12.3. The maximum absolute atomic E-state index is 12.6. The third-order valence-corrected chi connectivity index (χ3v) is 4.00. The Morgan fingerprint density at radius 1 is 0.864 bits per heavy atom. The van der Waals surface area contributed by atoms with Gasteiger partial charge in [0.25, 0.3) is 0 Å². The maximum Gasteiger partial charge on any atom is 0.193 e. The van der Waals surface area contributed by atoms with Crippen molar-refractivity contribution in [2.45, 2.75) is 0 Å². The lowest BCUT2D eigenvalue weighted by atomic mass is 10.0. The molecule has 0 aliphatic rings. The molecular weight excluding hydrogens is 296 g/mol. The van der Waals surface area contributed by atoms with Gasteiger partial charge in [0.2, 0.25) is 0 Å². The molecule has 0 unspecified atom stereocenters. The molecule has 4 rings (SSSR count). The highest BCUT2D eigenvalue weighted by molar-refractivity contribution is 6.30. The minimum Gasteiger partial charge on any atom is -0.456 e. The Kier molecular flexibility index (Phi) is 2.98. The SMILES string of the molecule is O=c1cc(-c2ccc(Cl)cc2)oc2ccc3ccccc3c12. The summed E-state index contributed by atoms with van der Waals surface area (Å²) in [5.74, 6) is 0.546. The molecule has 0 aliphatic carbocycles. The molecule has 0 saturated heterocycles. The summed E-state index contributed by atoms with van der Waals surface area (Å²) in [5.41, 5.74) is 1.38. The van der Waals surface area contributed by atoms with E-state index >= 15 is 0 Å². The van der Waals surface area contributed by atoms with Gasteiger partial charge in [-0.1, -0.05) is 41.9 Å². The van der Waals surface area contributed by atoms with Crippen LogP contribution in [0, 0.1) is 0 Å². The zero-order chi connectivity index (χ0) is 15.1. The Morgan fingerprint density at radius 2 is 1.64 bits per heavy atom. The second kappa shape index (κ2) is 5.00. The molecule has 0 aliphatic heterocycles. The van der Waals surface area contributed by atoms with Crippen LogP contribution in [0.3, 0.4) is 0 Å². The maximum atomic E-state index is 12.6. The van der Waals surface area contributed by atoms with Crippen LogP contribution in [0.15, 0.2) is 75.9 Å². The van der Waals surface area contributed by atoms with Crippen molar-refractivity contribution in [3.63, 3.8) is 0 Å². The predicted molar refractivity (Wildman–Crippen MR) is 90.4 cm³/mol. The highest BCUT2D eigenvalue weighted by Crippen LogP contribution is 2.27. The number of benzene rings is 3. The summed E-state index contributed by atoms with van der Waals surface area (Å²) in [5, 5.41) is 3.21. The Bertz CT molecular complexity index is 1050. The van der Waals surface area contributed by atoms with Gasteiger partial charge in [0.05, 0.1) is 5.39 Å². The molecule has 0 radical (unpaired) electrons. The molecule has 0 N–H and O–H groups in total. The number of rotatable bonds is 1. The highest BCUT2D eigenvalue weighted by atomic mass is 35.5. The topological polar surface area (TPSA) is 30.2 Å². The monoisotopic (exact) mass is 306 g/mol. The normalized spacial score (nSPS) is 11.1. The van der Waals surface area contributed by atoms with Crippen LogP contribution in [0.4, 0.5) is 0 Å². The van der Waals surface area contributed by atoms with Crippen LogP contribution < -0.4 is 5.43 Å². The van der Waals surface area contributed by atoms with Gasteiger partial charge >= 0.3 is 0 Å². The fourth-order valence-corrected chi connectivity index (χ4v) is 2.81. The van der Waals surface area contributed by atoms with Crippen LogP contribution >= 0.6 is 11.6 Å². The smallest absolute Gasteiger partial charge is 0.193 e. The second-order valence-corrected chi connectivity index (χ2v) is 5.58. The standard InChI is InChI=1S/C19H11ClO2/c20-14-8-5-13(6-9-14)18-11-16(21)19-15-4-2-1-3-12(15)7-10-17(19)22-18/h1-11H. The van der Waals surface area contributed by atoms with E-state index in [1.165, 1.54) is 6.07 Å². The fourth-order valence-electron chi connectivity index (χ4n) is 2.69. The van der Waals surface area contributed by atoms with E-state index in [4.69, 9.17) is 16.0 Å². The van der Waals surface area contributed by atoms with Crippen molar-refractivity contribution < 1.29 is 4.42 Å². The summed E-state index contributed by atoms with van der Waals surface area (Å²) in [4.78, 5) is 12.6. The van der Waals surface area contributed by atoms with Gasteiger partial charge in [-0.25, -0.2) is 0 Å². The predicted octanol–water partition coefficient (Wildman–Crippen LogP) is 5.27. The largest absolute Gasteiger partial charge is 0.456 e. The highest BCUT2D eigenvalue weighted by Gasteiger charge is 2.09. The van der Waals surface area contributed by atoms with Crippen molar-refractivity contribution in [3.05, 3.63) is 82.0 Å². The fraction of sp³-hybridized carbons (Fsp3) is 0. The van der Waals surface area contributed by atoms with Crippen molar-refractivity contribution in [2.75, 3.05) is 0 Å². The average Bonchev–Trinajstić information content (AvgIpc) is 2.55. The van der Waals surface area contributed by atoms with Gasteiger partial charge in [-0.2, -0.15) is 0 Å². The Morgan fingerprint density at radius 3 is 2.45 bits per heavy atom. The van der Waals surface area contributed by atoms with Crippen molar-refractivity contribution in [3.8, 4) is 11.3 Å². The van der Waals surface area contributed by atoms with E-state index in [0.29, 0.717) is 21.8 Å². The van der Waals surface area contributed by atoms with E-state index < -0.39 is 0 Å². The lowest BCUT2D eigenvalue weighted by Gasteiger charge is -2.06. The van der Waals surface area contributed by atoms with Gasteiger partial charge in [-0.15, -0.1) is 0 Å².